The van der Waals surface area contributed by atoms with Gasteiger partial charge in [-0.1, -0.05) is 60.7 Å². The zero-order valence-corrected chi connectivity index (χ0v) is 21.6. The lowest BCUT2D eigenvalue weighted by atomic mass is 9.91. The van der Waals surface area contributed by atoms with Gasteiger partial charge in [0, 0.05) is 32.4 Å². The second-order valence-electron chi connectivity index (χ2n) is 10.1. The third-order valence-electron chi connectivity index (χ3n) is 6.18. The molecule has 4 rings (SSSR count). The minimum Gasteiger partial charge on any atom is -0.444 e. The highest BCUT2D eigenvalue weighted by molar-refractivity contribution is 5.89. The Kier molecular flexibility index (Phi) is 8.40. The first kappa shape index (κ1) is 26.2. The van der Waals surface area contributed by atoms with Crippen LogP contribution in [-0.2, 0) is 4.74 Å². The van der Waals surface area contributed by atoms with Gasteiger partial charge in [0.15, 0.2) is 0 Å². The summed E-state index contributed by atoms with van der Waals surface area (Å²) in [4.78, 5) is 34.0. The molecular weight excluding hydrogens is 466 g/mol. The fourth-order valence-electron chi connectivity index (χ4n) is 4.52. The Morgan fingerprint density at radius 3 is 2.05 bits per heavy atom. The average Bonchev–Trinajstić information content (AvgIpc) is 2.89. The number of pyridine rings is 1. The molecule has 2 heterocycles. The Hall–Kier alpha value is -3.91. The topological polar surface area (TPSA) is 86.8 Å². The third kappa shape index (κ3) is 7.30. The molecule has 3 aromatic rings. The quantitative estimate of drug-likeness (QED) is 0.483. The van der Waals surface area contributed by atoms with Gasteiger partial charge in [-0.05, 0) is 44.0 Å². The predicted molar refractivity (Wildman–Crippen MR) is 144 cm³/mol. The van der Waals surface area contributed by atoms with Gasteiger partial charge in [-0.2, -0.15) is 0 Å². The van der Waals surface area contributed by atoms with Crippen molar-refractivity contribution in [3.05, 3.63) is 96.3 Å². The van der Waals surface area contributed by atoms with Crippen LogP contribution < -0.4 is 10.6 Å². The van der Waals surface area contributed by atoms with Crippen LogP contribution in [0, 0.1) is 0 Å². The van der Waals surface area contributed by atoms with Gasteiger partial charge in [0.1, 0.15) is 5.60 Å². The number of aromatic nitrogens is 1. The zero-order chi connectivity index (χ0) is 26.3. The smallest absolute Gasteiger partial charge is 0.410 e. The Labute approximate surface area is 218 Å². The number of ether oxygens (including phenoxy) is 1. The second-order valence-corrected chi connectivity index (χ2v) is 10.1. The Morgan fingerprint density at radius 2 is 1.49 bits per heavy atom. The summed E-state index contributed by atoms with van der Waals surface area (Å²) in [7, 11) is 0. The van der Waals surface area contributed by atoms with E-state index in [9.17, 15) is 9.59 Å². The number of hydrogen-bond donors (Lipinski definition) is 2. The summed E-state index contributed by atoms with van der Waals surface area (Å²) in [6.07, 6.45) is 2.98. The van der Waals surface area contributed by atoms with Crippen molar-refractivity contribution in [3.63, 3.8) is 0 Å². The molecule has 1 saturated heterocycles. The lowest BCUT2D eigenvalue weighted by Crippen LogP contribution is -2.53. The van der Waals surface area contributed by atoms with Crippen LogP contribution >= 0.6 is 0 Å². The Bertz CT molecular complexity index is 1140. The maximum atomic E-state index is 13.2. The molecule has 3 amide bonds. The van der Waals surface area contributed by atoms with Crippen molar-refractivity contribution >= 4 is 17.8 Å². The van der Waals surface area contributed by atoms with E-state index in [0.29, 0.717) is 31.9 Å². The van der Waals surface area contributed by atoms with Gasteiger partial charge in [0.2, 0.25) is 0 Å². The molecule has 0 radical (unpaired) electrons. The first-order valence-corrected chi connectivity index (χ1v) is 12.6. The largest absolute Gasteiger partial charge is 0.444 e. The summed E-state index contributed by atoms with van der Waals surface area (Å²) >= 11 is 0. The summed E-state index contributed by atoms with van der Waals surface area (Å²) in [6.45, 7) is 8.00. The molecule has 1 aromatic heterocycles. The molecule has 0 bridgehead atoms. The molecule has 8 heteroatoms. The summed E-state index contributed by atoms with van der Waals surface area (Å²) < 4.78 is 5.58. The van der Waals surface area contributed by atoms with Crippen molar-refractivity contribution in [1.82, 2.24) is 20.1 Å². The van der Waals surface area contributed by atoms with Gasteiger partial charge in [-0.3, -0.25) is 9.88 Å². The maximum Gasteiger partial charge on any atom is 0.410 e. The number of anilines is 1. The van der Waals surface area contributed by atoms with Crippen molar-refractivity contribution in [3.8, 4) is 0 Å². The number of benzene rings is 2. The number of nitrogens with zero attached hydrogens (tertiary/aromatic N) is 3. The monoisotopic (exact) mass is 501 g/mol. The normalized spacial score (nSPS) is 15.9. The number of urea groups is 1. The number of carbonyl (C=O) groups excluding carboxylic acids is 2. The fraction of sp³-hybridized carbons (Fsp3) is 0.345. The number of rotatable bonds is 6. The van der Waals surface area contributed by atoms with E-state index in [1.165, 1.54) is 0 Å². The standard InChI is InChI=1S/C29H35N5O3/c1-29(2,3)37-28(36)34-19-17-33(18-20-34)26(23-13-8-5-9-14-23)25(22-11-6-4-7-12-22)32-27(35)31-24-15-10-16-30-21-24/h4-16,21,25-26H,17-20H2,1-3H3,(H2,31,32,35)/t25-,26+/m0/s1. The molecule has 2 atom stereocenters. The molecule has 0 unspecified atom stereocenters. The molecule has 1 aliphatic heterocycles. The second kappa shape index (κ2) is 11.9. The predicted octanol–water partition coefficient (Wildman–Crippen LogP) is 5.24. The maximum absolute atomic E-state index is 13.2. The van der Waals surface area contributed by atoms with Crippen molar-refractivity contribution in [2.45, 2.75) is 38.5 Å². The number of piperazine rings is 1. The van der Waals surface area contributed by atoms with E-state index in [1.54, 1.807) is 29.4 Å². The molecular formula is C29H35N5O3. The van der Waals surface area contributed by atoms with E-state index < -0.39 is 5.60 Å². The molecule has 0 aliphatic carbocycles. The first-order chi connectivity index (χ1) is 17.8. The minimum absolute atomic E-state index is 0.149. The van der Waals surface area contributed by atoms with Gasteiger partial charge >= 0.3 is 12.1 Å². The fourth-order valence-corrected chi connectivity index (χ4v) is 4.52. The number of hydrogen-bond acceptors (Lipinski definition) is 5. The van der Waals surface area contributed by atoms with E-state index in [4.69, 9.17) is 4.74 Å². The van der Waals surface area contributed by atoms with Gasteiger partial charge in [0.05, 0.1) is 24.0 Å². The van der Waals surface area contributed by atoms with Gasteiger partial charge in [-0.15, -0.1) is 0 Å². The minimum atomic E-state index is -0.537. The average molecular weight is 502 g/mol. The molecule has 1 aliphatic rings. The van der Waals surface area contributed by atoms with E-state index in [2.05, 4.69) is 32.7 Å². The summed E-state index contributed by atoms with van der Waals surface area (Å²) in [5, 5.41) is 6.11. The Balaban J connectivity index is 1.59. The van der Waals surface area contributed by atoms with Crippen molar-refractivity contribution < 1.29 is 14.3 Å². The van der Waals surface area contributed by atoms with Crippen molar-refractivity contribution in [2.24, 2.45) is 0 Å². The summed E-state index contributed by atoms with van der Waals surface area (Å²) in [5.41, 5.74) is 2.16. The first-order valence-electron chi connectivity index (χ1n) is 12.6. The van der Waals surface area contributed by atoms with Crippen LogP contribution in [0.3, 0.4) is 0 Å². The molecule has 0 saturated carbocycles. The molecule has 2 aromatic carbocycles. The van der Waals surface area contributed by atoms with Crippen LogP contribution in [0.5, 0.6) is 0 Å². The number of carbonyl (C=O) groups is 2. The summed E-state index contributed by atoms with van der Waals surface area (Å²) in [6, 6.07) is 22.9. The summed E-state index contributed by atoms with van der Waals surface area (Å²) in [5.74, 6) is 0. The third-order valence-corrected chi connectivity index (χ3v) is 6.18. The SMILES string of the molecule is CC(C)(C)OC(=O)N1CCN([C@H](c2ccccc2)[C@@H](NC(=O)Nc2cccnc2)c2ccccc2)CC1. The highest BCUT2D eigenvalue weighted by Gasteiger charge is 2.35. The Morgan fingerprint density at radius 1 is 0.865 bits per heavy atom. The zero-order valence-electron chi connectivity index (χ0n) is 21.6. The van der Waals surface area contributed by atoms with Crippen molar-refractivity contribution in [2.75, 3.05) is 31.5 Å². The van der Waals surface area contributed by atoms with Crippen molar-refractivity contribution in [1.29, 1.82) is 0 Å². The van der Waals surface area contributed by atoms with Gasteiger partial charge in [-0.25, -0.2) is 9.59 Å². The van der Waals surface area contributed by atoms with Crippen LogP contribution in [-0.4, -0.2) is 58.7 Å². The van der Waals surface area contributed by atoms with Crippen LogP contribution in [0.4, 0.5) is 15.3 Å². The van der Waals surface area contributed by atoms with E-state index in [1.807, 2.05) is 69.3 Å². The molecule has 37 heavy (non-hydrogen) atoms. The lowest BCUT2D eigenvalue weighted by Gasteiger charge is -2.43. The number of amides is 3. The highest BCUT2D eigenvalue weighted by Crippen LogP contribution is 2.35. The van der Waals surface area contributed by atoms with E-state index in [-0.39, 0.29) is 24.2 Å². The molecule has 194 valence electrons. The molecule has 2 N–H and O–H groups in total. The van der Waals surface area contributed by atoms with E-state index in [0.717, 1.165) is 11.1 Å². The van der Waals surface area contributed by atoms with Crippen LogP contribution in [0.1, 0.15) is 44.0 Å². The highest BCUT2D eigenvalue weighted by atomic mass is 16.6. The number of nitrogens with one attached hydrogen (secondary N) is 2. The molecule has 8 nitrogen and oxygen atoms in total. The van der Waals surface area contributed by atoms with Crippen LogP contribution in [0.25, 0.3) is 0 Å². The van der Waals surface area contributed by atoms with E-state index >= 15 is 0 Å². The molecule has 0 spiro atoms. The van der Waals surface area contributed by atoms with Crippen LogP contribution in [0.2, 0.25) is 0 Å². The van der Waals surface area contributed by atoms with Crippen LogP contribution in [0.15, 0.2) is 85.2 Å². The van der Waals surface area contributed by atoms with Gasteiger partial charge < -0.3 is 20.3 Å². The van der Waals surface area contributed by atoms with Gasteiger partial charge in [0.25, 0.3) is 0 Å². The lowest BCUT2D eigenvalue weighted by molar-refractivity contribution is 0.00817. The molecule has 1 fully saturated rings.